The number of benzene rings is 2. The van der Waals surface area contributed by atoms with E-state index in [1.54, 1.807) is 48.9 Å². The minimum atomic E-state index is -3.76. The Hall–Kier alpha value is -2.98. The Labute approximate surface area is 222 Å². The lowest BCUT2D eigenvalue weighted by Crippen LogP contribution is -2.29. The Morgan fingerprint density at radius 1 is 1.05 bits per heavy atom. The zero-order chi connectivity index (χ0) is 27.2. The van der Waals surface area contributed by atoms with Gasteiger partial charge in [-0.3, -0.25) is 9.48 Å². The third kappa shape index (κ3) is 5.42. The SMILES string of the molecule is CC(C)OC(=O)Cc1nn([C@H]2CN(S(=O)(=O)c3ccc(OC(C)C)cc3)C[C@H]2C2CC2)c2cc(F)ccc12. The van der Waals surface area contributed by atoms with Gasteiger partial charge in [-0.15, -0.1) is 0 Å². The zero-order valence-electron chi connectivity index (χ0n) is 22.1. The van der Waals surface area contributed by atoms with E-state index < -0.39 is 21.8 Å². The zero-order valence-corrected chi connectivity index (χ0v) is 22.9. The Balaban J connectivity index is 1.47. The molecule has 0 spiro atoms. The van der Waals surface area contributed by atoms with Crippen LogP contribution >= 0.6 is 0 Å². The molecule has 5 rings (SSSR count). The predicted molar refractivity (Wildman–Crippen MR) is 141 cm³/mol. The molecule has 1 aliphatic heterocycles. The van der Waals surface area contributed by atoms with Gasteiger partial charge >= 0.3 is 5.97 Å². The topological polar surface area (TPSA) is 90.7 Å². The second-order valence-corrected chi connectivity index (χ2v) is 12.7. The maximum atomic E-state index is 14.4. The molecule has 2 fully saturated rings. The first kappa shape index (κ1) is 26.6. The molecule has 2 aromatic carbocycles. The van der Waals surface area contributed by atoms with Crippen LogP contribution in [0.25, 0.3) is 10.9 Å². The number of carbonyl (C=O) groups is 1. The summed E-state index contributed by atoms with van der Waals surface area (Å²) in [6, 6.07) is 10.6. The number of carbonyl (C=O) groups excluding carboxylic acids is 1. The van der Waals surface area contributed by atoms with Crippen LogP contribution in [0.15, 0.2) is 47.4 Å². The molecular formula is C28H34FN3O5S. The third-order valence-corrected chi connectivity index (χ3v) is 8.95. The largest absolute Gasteiger partial charge is 0.491 e. The number of halogens is 1. The van der Waals surface area contributed by atoms with E-state index in [1.165, 1.54) is 16.4 Å². The van der Waals surface area contributed by atoms with Crippen LogP contribution in [-0.2, 0) is 26.0 Å². The van der Waals surface area contributed by atoms with Crippen LogP contribution in [-0.4, -0.2) is 53.8 Å². The fourth-order valence-corrected chi connectivity index (χ4v) is 6.83. The minimum Gasteiger partial charge on any atom is -0.491 e. The molecule has 0 bridgehead atoms. The normalized spacial score (nSPS) is 20.5. The third-order valence-electron chi connectivity index (χ3n) is 7.10. The van der Waals surface area contributed by atoms with Gasteiger partial charge in [0.05, 0.1) is 40.8 Å². The molecule has 204 valence electrons. The number of rotatable bonds is 9. The van der Waals surface area contributed by atoms with E-state index in [1.807, 2.05) is 13.8 Å². The van der Waals surface area contributed by atoms with Crippen LogP contribution in [0.2, 0.25) is 0 Å². The molecule has 0 amide bonds. The van der Waals surface area contributed by atoms with Crippen molar-refractivity contribution in [2.75, 3.05) is 13.1 Å². The van der Waals surface area contributed by atoms with Gasteiger partial charge < -0.3 is 9.47 Å². The molecule has 1 saturated carbocycles. The van der Waals surface area contributed by atoms with Gasteiger partial charge in [-0.25, -0.2) is 12.8 Å². The van der Waals surface area contributed by atoms with E-state index in [4.69, 9.17) is 14.6 Å². The van der Waals surface area contributed by atoms with E-state index in [0.29, 0.717) is 34.8 Å². The molecule has 3 aromatic rings. The summed E-state index contributed by atoms with van der Waals surface area (Å²) in [5.74, 6) is 0.209. The van der Waals surface area contributed by atoms with E-state index in [0.717, 1.165) is 12.8 Å². The lowest BCUT2D eigenvalue weighted by Gasteiger charge is -2.19. The van der Waals surface area contributed by atoms with Gasteiger partial charge in [-0.1, -0.05) is 0 Å². The second kappa shape index (κ2) is 10.3. The van der Waals surface area contributed by atoms with Crippen molar-refractivity contribution in [1.29, 1.82) is 0 Å². The highest BCUT2D eigenvalue weighted by Gasteiger charge is 2.47. The molecule has 2 heterocycles. The molecule has 2 atom stereocenters. The molecule has 10 heteroatoms. The predicted octanol–water partition coefficient (Wildman–Crippen LogP) is 4.73. The van der Waals surface area contributed by atoms with Gasteiger partial charge in [0.1, 0.15) is 11.6 Å². The second-order valence-electron chi connectivity index (χ2n) is 10.8. The molecule has 0 radical (unpaired) electrons. The van der Waals surface area contributed by atoms with Crippen LogP contribution in [0, 0.1) is 17.7 Å². The van der Waals surface area contributed by atoms with Crippen molar-refractivity contribution in [3.8, 4) is 5.75 Å². The van der Waals surface area contributed by atoms with Crippen LogP contribution < -0.4 is 4.74 Å². The Morgan fingerprint density at radius 3 is 2.39 bits per heavy atom. The summed E-state index contributed by atoms with van der Waals surface area (Å²) in [6.45, 7) is 7.97. The Bertz CT molecular complexity index is 1430. The van der Waals surface area contributed by atoms with Crippen molar-refractivity contribution in [2.45, 2.75) is 70.1 Å². The highest BCUT2D eigenvalue weighted by Crippen LogP contribution is 2.47. The number of ether oxygens (including phenoxy) is 2. The molecular weight excluding hydrogens is 509 g/mol. The lowest BCUT2D eigenvalue weighted by atomic mass is 9.98. The monoisotopic (exact) mass is 543 g/mol. The average Bonchev–Trinajstić information content (AvgIpc) is 3.49. The number of hydrogen-bond acceptors (Lipinski definition) is 6. The summed E-state index contributed by atoms with van der Waals surface area (Å²) in [6.07, 6.45) is 1.74. The Kier molecular flexibility index (Phi) is 7.21. The number of hydrogen-bond donors (Lipinski definition) is 0. The smallest absolute Gasteiger partial charge is 0.312 e. The molecule has 8 nitrogen and oxygen atoms in total. The summed E-state index contributed by atoms with van der Waals surface area (Å²) < 4.78 is 55.9. The highest BCUT2D eigenvalue weighted by atomic mass is 32.2. The first-order valence-electron chi connectivity index (χ1n) is 13.2. The highest BCUT2D eigenvalue weighted by molar-refractivity contribution is 7.89. The molecule has 1 aromatic heterocycles. The van der Waals surface area contributed by atoms with Crippen molar-refractivity contribution in [2.24, 2.45) is 11.8 Å². The quantitative estimate of drug-likeness (QED) is 0.363. The summed E-state index contributed by atoms with van der Waals surface area (Å²) in [4.78, 5) is 12.6. The van der Waals surface area contributed by atoms with E-state index in [2.05, 4.69) is 0 Å². The first-order valence-corrected chi connectivity index (χ1v) is 14.6. The van der Waals surface area contributed by atoms with Gasteiger partial charge in [-0.2, -0.15) is 9.40 Å². The van der Waals surface area contributed by atoms with Crippen molar-refractivity contribution in [3.63, 3.8) is 0 Å². The number of fused-ring (bicyclic) bond motifs is 1. The van der Waals surface area contributed by atoms with E-state index >= 15 is 0 Å². The summed E-state index contributed by atoms with van der Waals surface area (Å²) in [7, 11) is -3.76. The number of aromatic nitrogens is 2. The number of nitrogens with zero attached hydrogens (tertiary/aromatic N) is 3. The molecule has 2 aliphatic rings. The average molecular weight is 544 g/mol. The van der Waals surface area contributed by atoms with Crippen molar-refractivity contribution in [3.05, 3.63) is 54.0 Å². The fourth-order valence-electron chi connectivity index (χ4n) is 5.33. The van der Waals surface area contributed by atoms with Gasteiger partial charge in [0, 0.05) is 18.5 Å². The standard InChI is InChI=1S/C28H34FN3O5S/c1-17(2)36-21-8-10-22(11-9-21)38(34,35)31-15-24(19-5-6-19)27(16-31)32-26-13-20(29)7-12-23(26)25(30-32)14-28(33)37-18(3)4/h7-13,17-19,24,27H,5-6,14-16H2,1-4H3/t24-,27-/m0/s1. The van der Waals surface area contributed by atoms with E-state index in [9.17, 15) is 17.6 Å². The van der Waals surface area contributed by atoms with Crippen LogP contribution in [0.5, 0.6) is 5.75 Å². The van der Waals surface area contributed by atoms with Crippen LogP contribution in [0.4, 0.5) is 4.39 Å². The van der Waals surface area contributed by atoms with Gasteiger partial charge in [0.2, 0.25) is 10.0 Å². The van der Waals surface area contributed by atoms with Crippen molar-refractivity contribution >= 4 is 26.9 Å². The Morgan fingerprint density at radius 2 is 1.76 bits per heavy atom. The van der Waals surface area contributed by atoms with Crippen LogP contribution in [0.3, 0.4) is 0 Å². The van der Waals surface area contributed by atoms with Gasteiger partial charge in [0.25, 0.3) is 0 Å². The van der Waals surface area contributed by atoms with Gasteiger partial charge in [-0.05, 0) is 94.8 Å². The molecule has 0 unspecified atom stereocenters. The maximum Gasteiger partial charge on any atom is 0.312 e. The minimum absolute atomic E-state index is 0.0121. The van der Waals surface area contributed by atoms with E-state index in [-0.39, 0.29) is 42.0 Å². The molecule has 1 saturated heterocycles. The molecule has 38 heavy (non-hydrogen) atoms. The summed E-state index contributed by atoms with van der Waals surface area (Å²) in [5, 5.41) is 5.43. The number of sulfonamides is 1. The van der Waals surface area contributed by atoms with Gasteiger partial charge in [0.15, 0.2) is 0 Å². The fraction of sp³-hybridized carbons (Fsp3) is 0.500. The first-order chi connectivity index (χ1) is 18.0. The molecule has 0 N–H and O–H groups in total. The molecule has 1 aliphatic carbocycles. The maximum absolute atomic E-state index is 14.4. The van der Waals surface area contributed by atoms with Crippen LogP contribution in [0.1, 0.15) is 52.3 Å². The number of esters is 1. The lowest BCUT2D eigenvalue weighted by molar-refractivity contribution is -0.146. The summed E-state index contributed by atoms with van der Waals surface area (Å²) in [5.41, 5.74) is 1.06. The summed E-state index contributed by atoms with van der Waals surface area (Å²) >= 11 is 0. The van der Waals surface area contributed by atoms with Crippen molar-refractivity contribution < 1.29 is 27.1 Å². The van der Waals surface area contributed by atoms with Crippen molar-refractivity contribution in [1.82, 2.24) is 14.1 Å².